The predicted octanol–water partition coefficient (Wildman–Crippen LogP) is 2.50. The number of aromatic nitrogens is 1. The van der Waals surface area contributed by atoms with Gasteiger partial charge in [0.2, 0.25) is 0 Å². The van der Waals surface area contributed by atoms with Crippen LogP contribution in [-0.4, -0.2) is 35.6 Å². The first-order valence-electron chi connectivity index (χ1n) is 7.76. The van der Waals surface area contributed by atoms with Crippen LogP contribution in [0.15, 0.2) is 18.5 Å². The van der Waals surface area contributed by atoms with Crippen molar-refractivity contribution < 1.29 is 4.74 Å². The highest BCUT2D eigenvalue weighted by molar-refractivity contribution is 5.29. The standard InChI is InChI=1S/C16H25N3O/c1-20-14-10-13(11-18-12-14)15(17)16(6-2-3-7-16)19-8-4-5-9-19/h10-12,15H,2-9,17H2,1H3. The van der Waals surface area contributed by atoms with E-state index in [0.717, 1.165) is 11.3 Å². The Morgan fingerprint density at radius 1 is 1.20 bits per heavy atom. The largest absolute Gasteiger partial charge is 0.495 e. The van der Waals surface area contributed by atoms with Crippen molar-refractivity contribution in [3.8, 4) is 5.75 Å². The first-order chi connectivity index (χ1) is 9.76. The second-order valence-electron chi connectivity index (χ2n) is 6.14. The summed E-state index contributed by atoms with van der Waals surface area (Å²) in [5.74, 6) is 0.799. The molecule has 1 aromatic heterocycles. The molecule has 1 aromatic rings. The molecule has 2 heterocycles. The molecular weight excluding hydrogens is 250 g/mol. The van der Waals surface area contributed by atoms with E-state index in [1.54, 1.807) is 13.3 Å². The molecule has 1 aliphatic heterocycles. The maximum absolute atomic E-state index is 6.70. The van der Waals surface area contributed by atoms with E-state index < -0.39 is 0 Å². The molecule has 20 heavy (non-hydrogen) atoms. The Balaban J connectivity index is 1.90. The van der Waals surface area contributed by atoms with Crippen LogP contribution in [0.1, 0.15) is 50.1 Å². The van der Waals surface area contributed by atoms with E-state index in [4.69, 9.17) is 10.5 Å². The van der Waals surface area contributed by atoms with Crippen molar-refractivity contribution in [3.63, 3.8) is 0 Å². The summed E-state index contributed by atoms with van der Waals surface area (Å²) in [7, 11) is 1.68. The fourth-order valence-corrected chi connectivity index (χ4v) is 4.00. The molecule has 3 rings (SSSR count). The highest BCUT2D eigenvalue weighted by Gasteiger charge is 2.45. The fraction of sp³-hybridized carbons (Fsp3) is 0.688. The van der Waals surface area contributed by atoms with Gasteiger partial charge in [-0.05, 0) is 50.4 Å². The van der Waals surface area contributed by atoms with Crippen LogP contribution < -0.4 is 10.5 Å². The maximum Gasteiger partial charge on any atom is 0.137 e. The van der Waals surface area contributed by atoms with Gasteiger partial charge in [0.25, 0.3) is 0 Å². The molecule has 1 saturated heterocycles. The zero-order valence-electron chi connectivity index (χ0n) is 12.3. The third-order valence-electron chi connectivity index (χ3n) is 5.11. The lowest BCUT2D eigenvalue weighted by atomic mass is 9.83. The average molecular weight is 275 g/mol. The van der Waals surface area contributed by atoms with Crippen LogP contribution >= 0.6 is 0 Å². The van der Waals surface area contributed by atoms with Gasteiger partial charge in [0, 0.05) is 17.8 Å². The van der Waals surface area contributed by atoms with E-state index in [2.05, 4.69) is 9.88 Å². The van der Waals surface area contributed by atoms with E-state index in [1.807, 2.05) is 12.3 Å². The van der Waals surface area contributed by atoms with Crippen molar-refractivity contribution >= 4 is 0 Å². The number of pyridine rings is 1. The second-order valence-corrected chi connectivity index (χ2v) is 6.14. The van der Waals surface area contributed by atoms with Gasteiger partial charge >= 0.3 is 0 Å². The molecule has 0 aromatic carbocycles. The third-order valence-corrected chi connectivity index (χ3v) is 5.11. The lowest BCUT2D eigenvalue weighted by molar-refractivity contribution is 0.0920. The van der Waals surface area contributed by atoms with E-state index in [9.17, 15) is 0 Å². The number of rotatable bonds is 4. The Kier molecular flexibility index (Phi) is 3.94. The van der Waals surface area contributed by atoms with Crippen LogP contribution in [0, 0.1) is 0 Å². The third kappa shape index (κ3) is 2.31. The summed E-state index contributed by atoms with van der Waals surface area (Å²) in [5, 5.41) is 0. The fourth-order valence-electron chi connectivity index (χ4n) is 4.00. The van der Waals surface area contributed by atoms with Crippen LogP contribution in [0.25, 0.3) is 0 Å². The van der Waals surface area contributed by atoms with Crippen molar-refractivity contribution in [1.82, 2.24) is 9.88 Å². The molecule has 1 atom stereocenters. The van der Waals surface area contributed by atoms with Gasteiger partial charge in [-0.3, -0.25) is 9.88 Å². The molecule has 110 valence electrons. The molecule has 1 aliphatic carbocycles. The van der Waals surface area contributed by atoms with Gasteiger partial charge in [0.15, 0.2) is 0 Å². The molecule has 0 bridgehead atoms. The first kappa shape index (κ1) is 13.8. The number of nitrogens with two attached hydrogens (primary N) is 1. The number of hydrogen-bond donors (Lipinski definition) is 1. The zero-order chi connectivity index (χ0) is 14.0. The Bertz CT molecular complexity index is 451. The minimum atomic E-state index is 0.0331. The molecule has 4 heteroatoms. The summed E-state index contributed by atoms with van der Waals surface area (Å²) in [6, 6.07) is 2.08. The maximum atomic E-state index is 6.70. The first-order valence-corrected chi connectivity index (χ1v) is 7.76. The molecule has 4 nitrogen and oxygen atoms in total. The van der Waals surface area contributed by atoms with E-state index in [0.29, 0.717) is 0 Å². The lowest BCUT2D eigenvalue weighted by Gasteiger charge is -2.43. The van der Waals surface area contributed by atoms with Crippen molar-refractivity contribution in [1.29, 1.82) is 0 Å². The number of hydrogen-bond acceptors (Lipinski definition) is 4. The van der Waals surface area contributed by atoms with Crippen molar-refractivity contribution in [2.45, 2.75) is 50.1 Å². The summed E-state index contributed by atoms with van der Waals surface area (Å²) in [4.78, 5) is 6.93. The number of nitrogens with zero attached hydrogens (tertiary/aromatic N) is 2. The van der Waals surface area contributed by atoms with Crippen LogP contribution in [0.5, 0.6) is 5.75 Å². The summed E-state index contributed by atoms with van der Waals surface area (Å²) in [6.07, 6.45) is 11.3. The predicted molar refractivity (Wildman–Crippen MR) is 79.7 cm³/mol. The number of methoxy groups -OCH3 is 1. The lowest BCUT2D eigenvalue weighted by Crippen LogP contribution is -2.52. The number of ether oxygens (including phenoxy) is 1. The smallest absolute Gasteiger partial charge is 0.137 e. The van der Waals surface area contributed by atoms with Crippen LogP contribution in [0.3, 0.4) is 0 Å². The minimum Gasteiger partial charge on any atom is -0.495 e. The Hall–Kier alpha value is -1.13. The van der Waals surface area contributed by atoms with Crippen molar-refractivity contribution in [2.75, 3.05) is 20.2 Å². The van der Waals surface area contributed by atoms with E-state index in [-0.39, 0.29) is 11.6 Å². The normalized spacial score (nSPS) is 23.9. The van der Waals surface area contributed by atoms with Crippen LogP contribution in [0.2, 0.25) is 0 Å². The topological polar surface area (TPSA) is 51.4 Å². The van der Waals surface area contributed by atoms with Gasteiger partial charge < -0.3 is 10.5 Å². The average Bonchev–Trinajstić information content (AvgIpc) is 3.18. The van der Waals surface area contributed by atoms with Gasteiger partial charge in [-0.15, -0.1) is 0 Å². The molecule has 0 spiro atoms. The van der Waals surface area contributed by atoms with Crippen LogP contribution in [0.4, 0.5) is 0 Å². The quantitative estimate of drug-likeness (QED) is 0.917. The van der Waals surface area contributed by atoms with E-state index in [1.165, 1.54) is 51.6 Å². The Morgan fingerprint density at radius 3 is 2.55 bits per heavy atom. The van der Waals surface area contributed by atoms with Crippen molar-refractivity contribution in [2.24, 2.45) is 5.73 Å². The minimum absolute atomic E-state index is 0.0331. The SMILES string of the molecule is COc1cncc(C(N)C2(N3CCCC3)CCCC2)c1. The molecule has 2 fully saturated rings. The van der Waals surface area contributed by atoms with Gasteiger partial charge in [-0.2, -0.15) is 0 Å². The monoisotopic (exact) mass is 275 g/mol. The molecule has 2 aliphatic rings. The summed E-state index contributed by atoms with van der Waals surface area (Å²) < 4.78 is 5.29. The molecule has 0 radical (unpaired) electrons. The van der Waals surface area contributed by atoms with E-state index >= 15 is 0 Å². The highest BCUT2D eigenvalue weighted by Crippen LogP contribution is 2.44. The molecule has 1 unspecified atom stereocenters. The van der Waals surface area contributed by atoms with Gasteiger partial charge in [0.1, 0.15) is 5.75 Å². The molecule has 2 N–H and O–H groups in total. The zero-order valence-corrected chi connectivity index (χ0v) is 12.3. The summed E-state index contributed by atoms with van der Waals surface area (Å²) >= 11 is 0. The second kappa shape index (κ2) is 5.70. The number of likely N-dealkylation sites (tertiary alicyclic amines) is 1. The Labute approximate surface area is 121 Å². The molecule has 0 amide bonds. The van der Waals surface area contributed by atoms with Crippen LogP contribution in [-0.2, 0) is 0 Å². The van der Waals surface area contributed by atoms with Gasteiger partial charge in [-0.25, -0.2) is 0 Å². The summed E-state index contributed by atoms with van der Waals surface area (Å²) in [5.41, 5.74) is 7.95. The van der Waals surface area contributed by atoms with Gasteiger partial charge in [-0.1, -0.05) is 12.8 Å². The Morgan fingerprint density at radius 2 is 1.90 bits per heavy atom. The summed E-state index contributed by atoms with van der Waals surface area (Å²) in [6.45, 7) is 2.40. The highest BCUT2D eigenvalue weighted by atomic mass is 16.5. The molecule has 1 saturated carbocycles. The van der Waals surface area contributed by atoms with Gasteiger partial charge in [0.05, 0.1) is 13.3 Å². The van der Waals surface area contributed by atoms with Crippen molar-refractivity contribution in [3.05, 3.63) is 24.0 Å². The molecular formula is C16H25N3O.